The maximum absolute atomic E-state index is 14.0. The fourth-order valence-electron chi connectivity index (χ4n) is 9.93. The fourth-order valence-corrected chi connectivity index (χ4v) is 9.93. The molecule has 0 fully saturated rings. The molecular weight excluding hydrogens is 825 g/mol. The Morgan fingerprint density at radius 3 is 1.45 bits per heavy atom. The van der Waals surface area contributed by atoms with E-state index in [1.807, 2.05) is 120 Å². The first-order valence-electron chi connectivity index (χ1n) is 21.8. The molecule has 0 aliphatic rings. The van der Waals surface area contributed by atoms with Gasteiger partial charge in [0.15, 0.2) is 0 Å². The average Bonchev–Trinajstić information content (AvgIpc) is 3.90. The number of rotatable bonds is 6. The minimum atomic E-state index is -0.327. The second-order valence-electron chi connectivity index (χ2n) is 17.3. The summed E-state index contributed by atoms with van der Waals surface area (Å²) in [6.07, 6.45) is 0. The van der Waals surface area contributed by atoms with Crippen molar-refractivity contribution in [3.8, 4) is 55.9 Å². The van der Waals surface area contributed by atoms with E-state index < -0.39 is 0 Å². The molecular formula is C54H23B12FN2. The fraction of sp³-hybridized carbons (Fsp3) is 0. The van der Waals surface area contributed by atoms with E-state index in [0.29, 0.717) is 55.2 Å². The maximum atomic E-state index is 14.0. The Bertz CT molecular complexity index is 3950. The highest BCUT2D eigenvalue weighted by molar-refractivity contribution is 6.70. The first-order valence-corrected chi connectivity index (χ1v) is 21.8. The van der Waals surface area contributed by atoms with Crippen molar-refractivity contribution >= 4 is 203 Å². The molecule has 0 aliphatic heterocycles. The van der Waals surface area contributed by atoms with E-state index in [1.165, 1.54) is 12.1 Å². The first kappa shape index (κ1) is 44.8. The summed E-state index contributed by atoms with van der Waals surface area (Å²) >= 11 is 0. The molecule has 24 radical (unpaired) electrons. The molecule has 0 atom stereocenters. The molecule has 9 aromatic carbocycles. The van der Waals surface area contributed by atoms with Crippen LogP contribution in [0.15, 0.2) is 140 Å². The maximum Gasteiger partial charge on any atom is 0.123 e. The van der Waals surface area contributed by atoms with E-state index in [2.05, 4.69) is 4.57 Å². The van der Waals surface area contributed by atoms with Gasteiger partial charge in [-0.2, -0.15) is 0 Å². The molecule has 0 N–H and O–H groups in total. The Kier molecular flexibility index (Phi) is 10.9. The predicted molar refractivity (Wildman–Crippen MR) is 301 cm³/mol. The highest BCUT2D eigenvalue weighted by Gasteiger charge is 2.25. The summed E-state index contributed by atoms with van der Waals surface area (Å²) in [5.74, 6) is -0.327. The number of nitrogens with zero attached hydrogens (tertiary/aromatic N) is 2. The van der Waals surface area contributed by atoms with Gasteiger partial charge in [0.05, 0.1) is 11.0 Å². The number of halogens is 1. The van der Waals surface area contributed by atoms with Gasteiger partial charge < -0.3 is 9.13 Å². The van der Waals surface area contributed by atoms with E-state index in [9.17, 15) is 4.39 Å². The Labute approximate surface area is 415 Å². The summed E-state index contributed by atoms with van der Waals surface area (Å²) < 4.78 is 18.1. The quantitative estimate of drug-likeness (QED) is 0.212. The largest absolute Gasteiger partial charge is 0.311 e. The monoisotopic (exact) mass is 850 g/mol. The summed E-state index contributed by atoms with van der Waals surface area (Å²) in [6, 6.07) is 44.1. The van der Waals surface area contributed by atoms with Crippen LogP contribution in [0, 0.1) is 5.82 Å². The first-order chi connectivity index (χ1) is 33.2. The summed E-state index contributed by atoms with van der Waals surface area (Å²) in [6.45, 7) is 0. The van der Waals surface area contributed by atoms with Crippen LogP contribution >= 0.6 is 0 Å². The highest BCUT2D eigenvalue weighted by atomic mass is 19.1. The Morgan fingerprint density at radius 1 is 0.290 bits per heavy atom. The van der Waals surface area contributed by atoms with E-state index >= 15 is 0 Å². The lowest BCUT2D eigenvalue weighted by Gasteiger charge is -2.21. The molecule has 0 amide bonds. The zero-order valence-electron chi connectivity index (χ0n) is 37.0. The molecule has 2 heterocycles. The summed E-state index contributed by atoms with van der Waals surface area (Å²) in [7, 11) is 80.6. The number of hydrogen-bond donors (Lipinski definition) is 0. The third-order valence-electron chi connectivity index (χ3n) is 13.5. The molecule has 2 aromatic heterocycles. The zero-order valence-corrected chi connectivity index (χ0v) is 37.0. The van der Waals surface area contributed by atoms with Gasteiger partial charge in [-0.25, -0.2) is 4.39 Å². The second-order valence-corrected chi connectivity index (χ2v) is 17.3. The molecule has 2 nitrogen and oxygen atoms in total. The van der Waals surface area contributed by atoms with Gasteiger partial charge in [0.25, 0.3) is 0 Å². The minimum Gasteiger partial charge on any atom is -0.311 e. The van der Waals surface area contributed by atoms with Crippen molar-refractivity contribution in [2.45, 2.75) is 0 Å². The summed E-state index contributed by atoms with van der Waals surface area (Å²) in [4.78, 5) is 0. The van der Waals surface area contributed by atoms with Crippen molar-refractivity contribution in [1.82, 2.24) is 9.13 Å². The molecule has 0 aliphatic carbocycles. The average molecular weight is 849 g/mol. The van der Waals surface area contributed by atoms with Crippen LogP contribution in [0.4, 0.5) is 4.39 Å². The summed E-state index contributed by atoms with van der Waals surface area (Å²) in [5, 5.41) is 2.70. The molecule has 69 heavy (non-hydrogen) atoms. The normalized spacial score (nSPS) is 11.7. The van der Waals surface area contributed by atoms with E-state index in [1.54, 1.807) is 12.1 Å². The van der Waals surface area contributed by atoms with Crippen LogP contribution in [-0.4, -0.2) is 103 Å². The number of hydrogen-bond acceptors (Lipinski definition) is 0. The minimum absolute atomic E-state index is 0.118. The number of aromatic nitrogens is 2. The molecule has 11 rings (SSSR count). The van der Waals surface area contributed by atoms with Gasteiger partial charge in [-0.1, -0.05) is 123 Å². The van der Waals surface area contributed by atoms with Gasteiger partial charge in [0, 0.05) is 38.6 Å². The van der Waals surface area contributed by atoms with Crippen LogP contribution in [0.2, 0.25) is 0 Å². The standard InChI is InChI=1S/C54H23B12FN2/c55-41-37(44(58)51(65)53-39(41)40-45(59)48(62)50(64)52(66)54(40)69(53)31-17-11-25(12-18-31)24-5-2-1-3-6-24)28-14-20-35-34(22-28)33-19-13-29(38-42(56)46(60)49(63)47(61)43(38)57)23-36(33)68(35)32-8-4-7-27(21-32)26-9-15-30(67)16-10-26/h1-23H. The lowest BCUT2D eigenvalue weighted by atomic mass is 9.59. The van der Waals surface area contributed by atoms with E-state index in [4.69, 9.17) is 94.2 Å². The molecule has 15 heteroatoms. The number of fused-ring (bicyclic) bond motifs is 6. The van der Waals surface area contributed by atoms with Crippen LogP contribution < -0.4 is 65.6 Å². The van der Waals surface area contributed by atoms with E-state index in [-0.39, 0.29) is 65.9 Å². The Morgan fingerprint density at radius 2 is 0.768 bits per heavy atom. The van der Waals surface area contributed by atoms with Crippen molar-refractivity contribution in [1.29, 1.82) is 0 Å². The zero-order chi connectivity index (χ0) is 48.3. The Hall–Kier alpha value is -6.71. The lowest BCUT2D eigenvalue weighted by molar-refractivity contribution is 0.628. The van der Waals surface area contributed by atoms with Crippen molar-refractivity contribution < 1.29 is 4.39 Å². The Balaban J connectivity index is 1.17. The van der Waals surface area contributed by atoms with Crippen molar-refractivity contribution in [2.75, 3.05) is 0 Å². The highest BCUT2D eigenvalue weighted by Crippen LogP contribution is 2.38. The van der Waals surface area contributed by atoms with Gasteiger partial charge in [-0.05, 0) is 104 Å². The molecule has 0 saturated carbocycles. The van der Waals surface area contributed by atoms with Crippen LogP contribution in [0.3, 0.4) is 0 Å². The summed E-state index contributed by atoms with van der Waals surface area (Å²) in [5.41, 5.74) is 12.5. The second kappa shape index (κ2) is 16.8. The van der Waals surface area contributed by atoms with Gasteiger partial charge in [-0.15, -0.1) is 27.3 Å². The molecule has 0 unspecified atom stereocenters. The van der Waals surface area contributed by atoms with Crippen LogP contribution in [-0.2, 0) is 0 Å². The predicted octanol–water partition coefficient (Wildman–Crippen LogP) is 0.214. The molecule has 11 aromatic rings. The van der Waals surface area contributed by atoms with Crippen molar-refractivity contribution in [3.05, 3.63) is 145 Å². The third kappa shape index (κ3) is 6.85. The van der Waals surface area contributed by atoms with Crippen molar-refractivity contribution in [3.63, 3.8) is 0 Å². The SMILES string of the molecule is [B]c1c([B])c([B])c(-c2ccc3c4cc(-c5c([B])c([B])c6c(c5[B])c5c([B])c([B])c([B])c([B])c5n6-c5ccc(-c6ccccc6)cc5)ccc4n(-c4cccc(-c5ccc(F)cc5)c4)c3c2)c([B])c1[B]. The third-order valence-corrected chi connectivity index (χ3v) is 13.5. The number of benzene rings is 9. The van der Waals surface area contributed by atoms with E-state index in [0.717, 1.165) is 49.7 Å². The van der Waals surface area contributed by atoms with Crippen LogP contribution in [0.1, 0.15) is 0 Å². The topological polar surface area (TPSA) is 9.86 Å². The van der Waals surface area contributed by atoms with Crippen LogP contribution in [0.5, 0.6) is 0 Å². The van der Waals surface area contributed by atoms with Crippen molar-refractivity contribution in [2.24, 2.45) is 0 Å². The van der Waals surface area contributed by atoms with Gasteiger partial charge in [0.2, 0.25) is 0 Å². The molecule has 292 valence electrons. The van der Waals surface area contributed by atoms with Gasteiger partial charge in [0.1, 0.15) is 100.0 Å². The lowest BCUT2D eigenvalue weighted by Crippen LogP contribution is -2.55. The van der Waals surface area contributed by atoms with Gasteiger partial charge in [-0.3, -0.25) is 0 Å². The molecule has 0 bridgehead atoms. The van der Waals surface area contributed by atoms with Gasteiger partial charge >= 0.3 is 0 Å². The van der Waals surface area contributed by atoms with Crippen LogP contribution in [0.25, 0.3) is 99.5 Å². The molecule has 0 spiro atoms. The molecule has 0 saturated heterocycles. The smallest absolute Gasteiger partial charge is 0.123 e.